The Kier molecular flexibility index (Phi) is 26.5. The third kappa shape index (κ3) is 36.7. The molecule has 0 bridgehead atoms. The molecule has 7 N–H and O–H groups in total. The molecule has 7 saturated carbocycles. The molecule has 7 aliphatic carbocycles. The van der Waals surface area contributed by atoms with Gasteiger partial charge in [-0.1, -0.05) is 219 Å². The minimum Gasteiger partial charge on any atom is -0.497 e. The van der Waals surface area contributed by atoms with Crippen LogP contribution in [0.5, 0.6) is 40.2 Å². The lowest BCUT2D eigenvalue weighted by atomic mass is 9.72. The molecule has 0 radical (unpaired) electrons. The van der Waals surface area contributed by atoms with Gasteiger partial charge in [0.15, 0.2) is 0 Å². The molecule has 0 amide bonds. The van der Waals surface area contributed by atoms with Gasteiger partial charge in [-0.25, -0.2) is 0 Å². The van der Waals surface area contributed by atoms with Gasteiger partial charge in [-0.05, 0) is 312 Å². The summed E-state index contributed by atoms with van der Waals surface area (Å²) in [5.74, 6) is -6.53. The summed E-state index contributed by atoms with van der Waals surface area (Å²) in [7, 11) is 21.5. The van der Waals surface area contributed by atoms with E-state index in [0.29, 0.717) is 79.6 Å². The highest BCUT2D eigenvalue weighted by Gasteiger charge is 2.46. The summed E-state index contributed by atoms with van der Waals surface area (Å²) in [4.78, 5) is 5.45. The van der Waals surface area contributed by atoms with Crippen molar-refractivity contribution in [1.29, 1.82) is 0 Å². The van der Waals surface area contributed by atoms with Gasteiger partial charge in [-0.2, -0.15) is 0 Å². The predicted octanol–water partition coefficient (Wildman–Crippen LogP) is 21.2. The molecule has 7 unspecified atom stereocenters. The lowest BCUT2D eigenvalue weighted by Crippen LogP contribution is -2.42. The summed E-state index contributed by atoms with van der Waals surface area (Å²) in [6.45, 7) is -32.7. The second-order valence-electron chi connectivity index (χ2n) is 37.2. The molecule has 0 spiro atoms. The normalized spacial score (nSPS) is 30.3. The van der Waals surface area contributed by atoms with Gasteiger partial charge in [0.05, 0.1) is 89.0 Å². The fraction of sp³-hybridized carbons (Fsp3) is 0.647. The maximum Gasteiger partial charge on any atom is 0.118 e. The van der Waals surface area contributed by atoms with Gasteiger partial charge in [0.2, 0.25) is 0 Å². The first-order chi connectivity index (χ1) is 86.7. The first-order valence-electron chi connectivity index (χ1n) is 73.4. The molecule has 0 aromatic heterocycles. The van der Waals surface area contributed by atoms with Crippen LogP contribution in [0.4, 0.5) is 0 Å². The third-order valence-corrected chi connectivity index (χ3v) is 26.4. The smallest absolute Gasteiger partial charge is 0.118 e. The Balaban J connectivity index is 0.000000269. The lowest BCUT2D eigenvalue weighted by Gasteiger charge is -2.40. The van der Waals surface area contributed by atoms with E-state index in [1.54, 1.807) is 110 Å². The second-order valence-corrected chi connectivity index (χ2v) is 37.2. The van der Waals surface area contributed by atoms with Crippen molar-refractivity contribution in [2.75, 3.05) is 194 Å². The average molecular weight is 1990 g/mol. The molecule has 21 heteroatoms. The number of aliphatic hydroxyl groups is 7. The number of ether oxygens (including phenoxy) is 7. The minimum atomic E-state index is -4.67. The predicted molar refractivity (Wildman–Crippen MR) is 576 cm³/mol. The van der Waals surface area contributed by atoms with E-state index in [1.165, 1.54) is 38.2 Å². The minimum absolute atomic E-state index is 0.00816. The lowest BCUT2D eigenvalue weighted by molar-refractivity contribution is -0.0280. The first-order valence-corrected chi connectivity index (χ1v) is 47.9. The molecular weight excluding hydrogens is 1750 g/mol. The molecule has 784 valence electrons. The van der Waals surface area contributed by atoms with Gasteiger partial charge in [0.25, 0.3) is 0 Å². The van der Waals surface area contributed by atoms with Crippen LogP contribution in [0.3, 0.4) is 0 Å². The van der Waals surface area contributed by atoms with E-state index in [9.17, 15) is 38.5 Å². The maximum atomic E-state index is 12.0. The summed E-state index contributed by atoms with van der Waals surface area (Å²) in [6, 6.07) is 44.5. The molecule has 0 aliphatic heterocycles. The van der Waals surface area contributed by atoms with Crippen molar-refractivity contribution in [2.24, 2.45) is 0 Å². The standard InChI is InChI=1S/7C17H27NO2/c7*1-18(2)13-16(17(19)11-5-4-6-12-17)14-7-9-15(20-3)10-8-14/h7*7-10,16,19H,4-6,11-13H2,1-3H3/i1D3,2D3,4D2,5D2,6D2,11D2,12D2,13D2,16D;1D3,4D2,5D2,6D2,11D2,12D2,13D2,16D;1D3,13D2;1D3,2D3;13D2;1D3;. The highest BCUT2D eigenvalue weighted by molar-refractivity contribution is 5.38. The third-order valence-electron chi connectivity index (χ3n) is 26.4. The molecule has 7 atom stereocenters. The van der Waals surface area contributed by atoms with E-state index in [-0.39, 0.29) is 34.8 Å². The van der Waals surface area contributed by atoms with Crippen molar-refractivity contribution in [2.45, 2.75) is 305 Å². The van der Waals surface area contributed by atoms with Gasteiger partial charge in [0, 0.05) is 157 Å². The maximum absolute atomic E-state index is 12.0. The van der Waals surface area contributed by atoms with Gasteiger partial charge in [0.1, 0.15) is 40.2 Å². The molecular formula is C119H189N7O14. The Labute approximate surface area is 918 Å². The SMILES string of the molecule is COc1ccc(C(CN(C)C)C2(O)CCCCC2)cc1.[2H]C([2H])(C(c1ccc(OC)cc1)C1(O)CCCCC1)N(C)C.[2H]C([2H])([2H])N(C([2H])([2H])[2H])C([2H])([2H])C([2H])(c1ccc(OC)cc1)C1(O)C([2H])([2H])C([2H])([2H])C([2H])([2H])C([2H])([2H])C1([2H])[2H].[2H]C([2H])([2H])N(C)C([2H])([2H])C([2H])(c1ccc(OC)cc1)C1(O)C([2H])([2H])C([2H])([2H])C([2H])([2H])C([2H])([2H])C1([2H])[2H].[2H]C([2H])([2H])N(C)C([2H])([2H])C(c1ccc(OC)cc1)C1(O)CCCCC1.[2H]C([2H])([2H])N(C)CC(c1ccc(OC)cc1)C1(O)CCCCC1.[2H]C([2H])([2H])N(CC(c1ccc(OC)cc1)C1(O)CCCCC1)C([2H])([2H])[2H]. The molecule has 0 heterocycles. The van der Waals surface area contributed by atoms with E-state index in [0.717, 1.165) is 204 Å². The number of likely N-dealkylation sites (N-methyl/N-ethyl adjacent to an activating group) is 7. The van der Waals surface area contributed by atoms with E-state index < -0.39 is 223 Å². The highest BCUT2D eigenvalue weighted by Crippen LogP contribution is 2.49. The molecule has 7 aromatic carbocycles. The van der Waals surface area contributed by atoms with E-state index in [2.05, 4.69) is 31.1 Å². The summed E-state index contributed by atoms with van der Waals surface area (Å²) in [5, 5.41) is 79.9. The average Bonchev–Trinajstić information content (AvgIpc) is 0.636. The zero-order chi connectivity index (χ0) is 147. The molecule has 7 aromatic rings. The van der Waals surface area contributed by atoms with Crippen LogP contribution in [0.25, 0.3) is 0 Å². The van der Waals surface area contributed by atoms with Crippen molar-refractivity contribution in [3.63, 3.8) is 0 Å². The van der Waals surface area contributed by atoms with Crippen molar-refractivity contribution >= 4 is 0 Å². The van der Waals surface area contributed by atoms with Crippen LogP contribution in [0, 0.1) is 0 Å². The fourth-order valence-corrected chi connectivity index (χ4v) is 18.9. The number of hydrogen-bond acceptors (Lipinski definition) is 21. The Morgan fingerprint density at radius 1 is 0.236 bits per heavy atom. The van der Waals surface area contributed by atoms with Crippen LogP contribution in [-0.4, -0.2) is 303 Å². The van der Waals surface area contributed by atoms with Crippen molar-refractivity contribution < 1.29 is 139 Å². The van der Waals surface area contributed by atoms with Crippen LogP contribution in [-0.2, 0) is 0 Å². The van der Waals surface area contributed by atoms with Gasteiger partial charge in [-0.15, -0.1) is 0 Å². The van der Waals surface area contributed by atoms with E-state index in [4.69, 9.17) is 100 Å². The van der Waals surface area contributed by atoms with Crippen LogP contribution in [0.1, 0.15) is 374 Å². The number of hydrogen-bond donors (Lipinski definition) is 7. The zero-order valence-electron chi connectivity index (χ0n) is 135. The van der Waals surface area contributed by atoms with Crippen LogP contribution in [0.2, 0.25) is 0 Å². The summed E-state index contributed by atoms with van der Waals surface area (Å²) in [6.07, 6.45) is -20.4. The molecule has 14 rings (SSSR count). The van der Waals surface area contributed by atoms with Gasteiger partial charge < -0.3 is 103 Å². The molecule has 7 fully saturated rings. The summed E-state index contributed by atoms with van der Waals surface area (Å²) < 4.78 is 448. The molecule has 0 saturated heterocycles. The zero-order valence-corrected chi connectivity index (χ0v) is 84.0. The summed E-state index contributed by atoms with van der Waals surface area (Å²) in [5.41, 5.74) is -11.3. The van der Waals surface area contributed by atoms with Crippen LogP contribution < -0.4 is 33.2 Å². The highest BCUT2D eigenvalue weighted by atomic mass is 16.5. The van der Waals surface area contributed by atoms with Crippen molar-refractivity contribution in [1.82, 2.24) is 34.3 Å². The quantitative estimate of drug-likeness (QED) is 0.0196. The monoisotopic (exact) mass is 1990 g/mol. The number of nitrogens with zero attached hydrogens (tertiary/aromatic N) is 7. The Morgan fingerprint density at radius 2 is 0.429 bits per heavy atom. The number of rotatable bonds is 35. The Bertz CT molecular complexity index is 6750. The molecule has 21 nitrogen and oxygen atoms in total. The topological polar surface area (TPSA) is 229 Å². The fourth-order valence-electron chi connectivity index (χ4n) is 18.9. The van der Waals surface area contributed by atoms with Gasteiger partial charge >= 0.3 is 0 Å². The van der Waals surface area contributed by atoms with Crippen molar-refractivity contribution in [3.8, 4) is 40.2 Å². The molecule has 7 aliphatic rings. The van der Waals surface area contributed by atoms with Crippen molar-refractivity contribution in [3.05, 3.63) is 209 Å². The Morgan fingerprint density at radius 3 is 0.650 bits per heavy atom. The Hall–Kier alpha value is -7.42. The first kappa shape index (κ1) is 63.2. The number of benzene rings is 7. The van der Waals surface area contributed by atoms with Crippen LogP contribution in [0.15, 0.2) is 170 Å². The number of methoxy groups -OCH3 is 7. The van der Waals surface area contributed by atoms with E-state index >= 15 is 0 Å². The van der Waals surface area contributed by atoms with Crippen LogP contribution >= 0.6 is 0 Å². The largest absolute Gasteiger partial charge is 0.497 e. The molecule has 140 heavy (non-hydrogen) atoms. The second kappa shape index (κ2) is 58.7. The van der Waals surface area contributed by atoms with Gasteiger partial charge in [-0.3, -0.25) is 0 Å². The van der Waals surface area contributed by atoms with E-state index in [1.807, 2.05) is 60.7 Å². The summed E-state index contributed by atoms with van der Waals surface area (Å²) >= 11 is 0.